The highest BCUT2D eigenvalue weighted by Gasteiger charge is 2.33. The summed E-state index contributed by atoms with van der Waals surface area (Å²) in [6.45, 7) is 1.72. The number of benzene rings is 2. The molecule has 156 valence electrons. The minimum atomic E-state index is -3.26. The number of ether oxygens (including phenoxy) is 2. The zero-order chi connectivity index (χ0) is 21.3. The van der Waals surface area contributed by atoms with Gasteiger partial charge in [0.15, 0.2) is 16.4 Å². The Balaban J connectivity index is 1.57. The zero-order valence-electron chi connectivity index (χ0n) is 16.6. The molecular formula is C21H21N3O5S. The average Bonchev–Trinajstić information content (AvgIpc) is 3.19. The van der Waals surface area contributed by atoms with Gasteiger partial charge in [0.25, 0.3) is 5.91 Å². The molecule has 1 N–H and O–H groups in total. The lowest BCUT2D eigenvalue weighted by atomic mass is 10.2. The van der Waals surface area contributed by atoms with Gasteiger partial charge in [-0.05, 0) is 48.9 Å². The minimum Gasteiger partial charge on any atom is -0.497 e. The van der Waals surface area contributed by atoms with Gasteiger partial charge >= 0.3 is 0 Å². The van der Waals surface area contributed by atoms with Crippen LogP contribution in [0.5, 0.6) is 11.5 Å². The van der Waals surface area contributed by atoms with Gasteiger partial charge in [-0.3, -0.25) is 4.79 Å². The number of amides is 1. The van der Waals surface area contributed by atoms with Gasteiger partial charge < -0.3 is 14.8 Å². The summed E-state index contributed by atoms with van der Waals surface area (Å²) in [4.78, 5) is 12.6. The van der Waals surface area contributed by atoms with E-state index in [-0.39, 0.29) is 18.1 Å². The van der Waals surface area contributed by atoms with Crippen LogP contribution in [-0.2, 0) is 26.1 Å². The first-order valence-corrected chi connectivity index (χ1v) is 11.1. The van der Waals surface area contributed by atoms with Crippen molar-refractivity contribution in [3.05, 3.63) is 65.4 Å². The number of nitrogens with zero attached hydrogens (tertiary/aromatic N) is 2. The molecule has 9 heteroatoms. The Kier molecular flexibility index (Phi) is 5.21. The van der Waals surface area contributed by atoms with Crippen molar-refractivity contribution in [3.63, 3.8) is 0 Å². The first-order chi connectivity index (χ1) is 14.3. The molecule has 0 saturated carbocycles. The van der Waals surface area contributed by atoms with Gasteiger partial charge in [0.05, 0.1) is 30.0 Å². The van der Waals surface area contributed by atoms with E-state index in [1.165, 1.54) is 0 Å². The van der Waals surface area contributed by atoms with Crippen LogP contribution in [0, 0.1) is 6.92 Å². The van der Waals surface area contributed by atoms with Crippen molar-refractivity contribution in [2.75, 3.05) is 19.0 Å². The third-order valence-corrected chi connectivity index (χ3v) is 6.16. The van der Waals surface area contributed by atoms with Crippen molar-refractivity contribution >= 4 is 21.6 Å². The average molecular weight is 427 g/mol. The van der Waals surface area contributed by atoms with E-state index >= 15 is 0 Å². The second-order valence-electron chi connectivity index (χ2n) is 7.07. The maximum absolute atomic E-state index is 12.6. The molecule has 0 aliphatic carbocycles. The molecule has 0 fully saturated rings. The largest absolute Gasteiger partial charge is 0.497 e. The third kappa shape index (κ3) is 4.16. The zero-order valence-corrected chi connectivity index (χ0v) is 17.4. The second kappa shape index (κ2) is 7.83. The van der Waals surface area contributed by atoms with Crippen LogP contribution in [0.4, 0.5) is 5.82 Å². The molecule has 8 nitrogen and oxygen atoms in total. The molecule has 0 bridgehead atoms. The number of hydrogen-bond donors (Lipinski definition) is 1. The van der Waals surface area contributed by atoms with Crippen LogP contribution in [-0.4, -0.2) is 37.8 Å². The van der Waals surface area contributed by atoms with Crippen LogP contribution in [0.15, 0.2) is 48.5 Å². The number of anilines is 1. The van der Waals surface area contributed by atoms with E-state index in [0.717, 1.165) is 11.3 Å². The van der Waals surface area contributed by atoms with Crippen LogP contribution in [0.25, 0.3) is 5.69 Å². The monoisotopic (exact) mass is 427 g/mol. The molecular weight excluding hydrogens is 406 g/mol. The summed E-state index contributed by atoms with van der Waals surface area (Å²) in [5.74, 6) is 0.874. The fourth-order valence-corrected chi connectivity index (χ4v) is 4.80. The lowest BCUT2D eigenvalue weighted by Crippen LogP contribution is -2.22. The Morgan fingerprint density at radius 2 is 1.87 bits per heavy atom. The maximum atomic E-state index is 12.6. The number of fused-ring (bicyclic) bond motifs is 1. The molecule has 2 heterocycles. The van der Waals surface area contributed by atoms with Crippen molar-refractivity contribution in [3.8, 4) is 17.2 Å². The molecule has 0 spiro atoms. The molecule has 0 atom stereocenters. The molecule has 4 rings (SSSR count). The quantitative estimate of drug-likeness (QED) is 0.649. The van der Waals surface area contributed by atoms with E-state index in [1.807, 2.05) is 31.2 Å². The van der Waals surface area contributed by atoms with Crippen LogP contribution in [0.1, 0.15) is 16.8 Å². The molecule has 2 aromatic carbocycles. The summed E-state index contributed by atoms with van der Waals surface area (Å²) >= 11 is 0. The van der Waals surface area contributed by atoms with Crippen LogP contribution in [0.2, 0.25) is 0 Å². The van der Waals surface area contributed by atoms with Crippen molar-refractivity contribution < 1.29 is 22.7 Å². The van der Waals surface area contributed by atoms with Gasteiger partial charge in [0.2, 0.25) is 0 Å². The van der Waals surface area contributed by atoms with Gasteiger partial charge in [-0.25, -0.2) is 13.1 Å². The van der Waals surface area contributed by atoms with Crippen molar-refractivity contribution in [2.45, 2.75) is 18.4 Å². The standard InChI is InChI=1S/C21H21N3O5S/c1-14-4-3-5-15(10-14)24-21(18-12-30(26,27)13-19(18)23-24)22-20(25)11-29-17-8-6-16(28-2)7-9-17/h3-10H,11-13H2,1-2H3,(H,22,25). The minimum absolute atomic E-state index is 0.133. The normalized spacial score (nSPS) is 14.2. The van der Waals surface area contributed by atoms with E-state index in [0.29, 0.717) is 28.6 Å². The van der Waals surface area contributed by atoms with Crippen LogP contribution < -0.4 is 14.8 Å². The fourth-order valence-electron chi connectivity index (χ4n) is 3.31. The number of carbonyl (C=O) groups excluding carboxylic acids is 1. The molecule has 0 saturated heterocycles. The van der Waals surface area contributed by atoms with Gasteiger partial charge in [-0.15, -0.1) is 0 Å². The molecule has 0 radical (unpaired) electrons. The number of methoxy groups -OCH3 is 1. The highest BCUT2D eigenvalue weighted by molar-refractivity contribution is 7.90. The number of nitrogens with one attached hydrogen (secondary N) is 1. The number of hydrogen-bond acceptors (Lipinski definition) is 6. The van der Waals surface area contributed by atoms with Gasteiger partial charge in [0.1, 0.15) is 17.3 Å². The Labute approximate surface area is 174 Å². The molecule has 1 aliphatic heterocycles. The Morgan fingerprint density at radius 1 is 1.13 bits per heavy atom. The van der Waals surface area contributed by atoms with Crippen LogP contribution >= 0.6 is 0 Å². The lowest BCUT2D eigenvalue weighted by molar-refractivity contribution is -0.118. The van der Waals surface area contributed by atoms with E-state index in [9.17, 15) is 13.2 Å². The molecule has 3 aromatic rings. The van der Waals surface area contributed by atoms with E-state index in [4.69, 9.17) is 9.47 Å². The molecule has 1 aromatic heterocycles. The van der Waals surface area contributed by atoms with Gasteiger partial charge in [0, 0.05) is 5.56 Å². The topological polar surface area (TPSA) is 99.5 Å². The fraction of sp³-hybridized carbons (Fsp3) is 0.238. The molecule has 0 unspecified atom stereocenters. The molecule has 1 amide bonds. The maximum Gasteiger partial charge on any atom is 0.263 e. The first kappa shape index (κ1) is 20.0. The van der Waals surface area contributed by atoms with Crippen molar-refractivity contribution in [1.29, 1.82) is 0 Å². The summed E-state index contributed by atoms with van der Waals surface area (Å²) in [7, 11) is -1.69. The number of aryl methyl sites for hydroxylation is 1. The van der Waals surface area contributed by atoms with Crippen molar-refractivity contribution in [1.82, 2.24) is 9.78 Å². The summed E-state index contributed by atoms with van der Waals surface area (Å²) in [6.07, 6.45) is 0. The Hall–Kier alpha value is -3.33. The summed E-state index contributed by atoms with van der Waals surface area (Å²) < 4.78 is 36.3. The van der Waals surface area contributed by atoms with E-state index in [1.54, 1.807) is 36.1 Å². The van der Waals surface area contributed by atoms with Gasteiger partial charge in [-0.1, -0.05) is 12.1 Å². The predicted molar refractivity (Wildman–Crippen MR) is 112 cm³/mol. The van der Waals surface area contributed by atoms with E-state index in [2.05, 4.69) is 10.4 Å². The highest BCUT2D eigenvalue weighted by Crippen LogP contribution is 2.33. The SMILES string of the molecule is COc1ccc(OCC(=O)Nc2c3c(nn2-c2cccc(C)c2)CS(=O)(=O)C3)cc1. The van der Waals surface area contributed by atoms with Crippen molar-refractivity contribution in [2.24, 2.45) is 0 Å². The summed E-state index contributed by atoms with van der Waals surface area (Å²) in [5, 5.41) is 7.24. The number of aromatic nitrogens is 2. The Morgan fingerprint density at radius 3 is 2.57 bits per heavy atom. The number of sulfone groups is 1. The lowest BCUT2D eigenvalue weighted by Gasteiger charge is -2.12. The number of carbonyl (C=O) groups is 1. The predicted octanol–water partition coefficient (Wildman–Crippen LogP) is 2.64. The second-order valence-corrected chi connectivity index (χ2v) is 9.13. The summed E-state index contributed by atoms with van der Waals surface area (Å²) in [6, 6.07) is 14.5. The number of rotatable bonds is 6. The Bertz CT molecular complexity index is 1200. The first-order valence-electron chi connectivity index (χ1n) is 9.29. The third-order valence-electron chi connectivity index (χ3n) is 4.72. The van der Waals surface area contributed by atoms with E-state index < -0.39 is 15.7 Å². The summed E-state index contributed by atoms with van der Waals surface area (Å²) in [5.41, 5.74) is 2.75. The molecule has 30 heavy (non-hydrogen) atoms. The molecule has 1 aliphatic rings. The highest BCUT2D eigenvalue weighted by atomic mass is 32.2. The van der Waals surface area contributed by atoms with Crippen LogP contribution in [0.3, 0.4) is 0 Å². The van der Waals surface area contributed by atoms with Gasteiger partial charge in [-0.2, -0.15) is 5.10 Å². The smallest absolute Gasteiger partial charge is 0.263 e.